The van der Waals surface area contributed by atoms with Crippen LogP contribution in [0.3, 0.4) is 0 Å². The normalized spacial score (nSPS) is 34.4. The number of aliphatic hydroxyl groups excluding tert-OH is 1. The van der Waals surface area contributed by atoms with Crippen molar-refractivity contribution < 1.29 is 29.0 Å². The highest BCUT2D eigenvalue weighted by Gasteiger charge is 2.76. The molecule has 1 spiro atoms. The Morgan fingerprint density at radius 1 is 1.11 bits per heavy atom. The molecule has 4 aliphatic rings. The lowest BCUT2D eigenvalue weighted by Gasteiger charge is -2.42. The zero-order chi connectivity index (χ0) is 26.5. The first-order chi connectivity index (χ1) is 17.8. The molecule has 0 radical (unpaired) electrons. The predicted octanol–water partition coefficient (Wildman–Crippen LogP) is 3.12. The zero-order valence-electron chi connectivity index (χ0n) is 21.3. The molecule has 8 nitrogen and oxygen atoms in total. The fourth-order valence-corrected chi connectivity index (χ4v) is 6.83. The molecular formula is C28H33ClN2O6. The molecule has 198 valence electrons. The van der Waals surface area contributed by atoms with Crippen molar-refractivity contribution in [3.05, 3.63) is 53.6 Å². The molecule has 37 heavy (non-hydrogen) atoms. The van der Waals surface area contributed by atoms with Gasteiger partial charge in [0.05, 0.1) is 29.3 Å². The van der Waals surface area contributed by atoms with Crippen LogP contribution in [0.4, 0.5) is 5.69 Å². The van der Waals surface area contributed by atoms with Gasteiger partial charge in [-0.05, 0) is 30.5 Å². The van der Waals surface area contributed by atoms with Gasteiger partial charge in [0.2, 0.25) is 5.91 Å². The Morgan fingerprint density at radius 3 is 2.54 bits per heavy atom. The largest absolute Gasteiger partial charge is 0.461 e. The van der Waals surface area contributed by atoms with Crippen LogP contribution in [0.15, 0.2) is 48.6 Å². The number of rotatable bonds is 6. The number of carbonyl (C=O) groups is 3. The molecule has 0 aliphatic carbocycles. The van der Waals surface area contributed by atoms with E-state index in [1.54, 1.807) is 41.3 Å². The second-order valence-electron chi connectivity index (χ2n) is 10.3. The molecule has 1 aromatic carbocycles. The van der Waals surface area contributed by atoms with E-state index in [9.17, 15) is 19.5 Å². The van der Waals surface area contributed by atoms with E-state index in [0.717, 1.165) is 0 Å². The number of aliphatic hydroxyl groups is 1. The maximum Gasteiger partial charge on any atom is 0.313 e. The zero-order valence-corrected chi connectivity index (χ0v) is 22.1. The van der Waals surface area contributed by atoms with Crippen LogP contribution in [-0.4, -0.2) is 70.8 Å². The fourth-order valence-electron chi connectivity index (χ4n) is 6.59. The summed E-state index contributed by atoms with van der Waals surface area (Å²) < 4.78 is 12.3. The minimum Gasteiger partial charge on any atom is -0.461 e. The van der Waals surface area contributed by atoms with E-state index >= 15 is 0 Å². The van der Waals surface area contributed by atoms with Crippen LogP contribution in [0.1, 0.15) is 33.6 Å². The lowest BCUT2D eigenvalue weighted by atomic mass is 9.73. The quantitative estimate of drug-likeness (QED) is 0.450. The van der Waals surface area contributed by atoms with Gasteiger partial charge in [0.25, 0.3) is 5.91 Å². The van der Waals surface area contributed by atoms with Crippen molar-refractivity contribution in [3.8, 4) is 0 Å². The topological polar surface area (TPSA) is 96.4 Å². The first-order valence-corrected chi connectivity index (χ1v) is 13.3. The van der Waals surface area contributed by atoms with E-state index in [1.165, 1.54) is 4.90 Å². The Hall–Kier alpha value is -2.68. The Kier molecular flexibility index (Phi) is 6.71. The number of amides is 2. The maximum absolute atomic E-state index is 14.5. The average Bonchev–Trinajstić information content (AvgIpc) is 3.17. The van der Waals surface area contributed by atoms with Crippen molar-refractivity contribution in [3.63, 3.8) is 0 Å². The van der Waals surface area contributed by atoms with E-state index in [0.29, 0.717) is 23.6 Å². The van der Waals surface area contributed by atoms with Crippen molar-refractivity contribution in [2.45, 2.75) is 56.9 Å². The Balaban J connectivity index is 1.72. The summed E-state index contributed by atoms with van der Waals surface area (Å²) in [6, 6.07) is 5.32. The second kappa shape index (κ2) is 9.57. The minimum atomic E-state index is -1.41. The van der Waals surface area contributed by atoms with Gasteiger partial charge in [-0.3, -0.25) is 14.4 Å². The lowest BCUT2D eigenvalue weighted by molar-refractivity contribution is -0.159. The van der Waals surface area contributed by atoms with Gasteiger partial charge in [0.1, 0.15) is 29.8 Å². The van der Waals surface area contributed by atoms with Crippen LogP contribution in [-0.2, 0) is 23.9 Å². The summed E-state index contributed by atoms with van der Waals surface area (Å²) in [6.45, 7) is 5.81. The van der Waals surface area contributed by atoms with Gasteiger partial charge < -0.3 is 24.4 Å². The highest BCUT2D eigenvalue weighted by atomic mass is 35.5. The minimum absolute atomic E-state index is 0.0999. The summed E-state index contributed by atoms with van der Waals surface area (Å²) in [5, 5.41) is 10.9. The van der Waals surface area contributed by atoms with Crippen LogP contribution in [0.5, 0.6) is 0 Å². The SMILES string of the molecule is CC[C@H](C)[C@H](CO)N1C(=O)[C@@H]2[C@@H]3C(=O)OCC=C[C@]3(CC)O[C@@]23C=CCN(c2ccccc2Cl)C(=O)C13. The van der Waals surface area contributed by atoms with Gasteiger partial charge >= 0.3 is 5.97 Å². The molecule has 1 N–H and O–H groups in total. The van der Waals surface area contributed by atoms with Crippen molar-refractivity contribution in [2.24, 2.45) is 17.8 Å². The number of esters is 1. The molecule has 4 aliphatic heterocycles. The Labute approximate surface area is 221 Å². The summed E-state index contributed by atoms with van der Waals surface area (Å²) in [4.78, 5) is 45.3. The van der Waals surface area contributed by atoms with Crippen molar-refractivity contribution in [1.82, 2.24) is 4.90 Å². The number of ether oxygens (including phenoxy) is 2. The number of benzene rings is 1. The Bertz CT molecular complexity index is 1170. The van der Waals surface area contributed by atoms with E-state index in [4.69, 9.17) is 21.1 Å². The third-order valence-electron chi connectivity index (χ3n) is 8.62. The Morgan fingerprint density at radius 2 is 1.86 bits per heavy atom. The number of hydrogen-bond acceptors (Lipinski definition) is 6. The van der Waals surface area contributed by atoms with E-state index in [-0.39, 0.29) is 37.5 Å². The standard InChI is InChI=1S/C28H33ClN2O6/c1-4-17(3)20(16-32)31-23-25(34)30(19-11-7-6-10-18(19)29)14-8-13-28(23)21(24(31)33)22-26(35)36-15-9-12-27(22,5-2)37-28/h6-13,17,20-23,32H,4-5,14-16H2,1-3H3/t17-,20-,21-,22+,23?,27-,28-/m0/s1. The first kappa shape index (κ1) is 25.9. The number of cyclic esters (lactones) is 1. The molecule has 1 unspecified atom stereocenters. The number of anilines is 1. The molecule has 0 bridgehead atoms. The number of likely N-dealkylation sites (tertiary alicyclic amines) is 1. The molecule has 0 saturated carbocycles. The molecule has 0 aromatic heterocycles. The van der Waals surface area contributed by atoms with Gasteiger partial charge in [0, 0.05) is 6.54 Å². The second-order valence-corrected chi connectivity index (χ2v) is 10.7. The summed E-state index contributed by atoms with van der Waals surface area (Å²) >= 11 is 6.50. The van der Waals surface area contributed by atoms with E-state index in [2.05, 4.69) is 0 Å². The van der Waals surface area contributed by atoms with Crippen molar-refractivity contribution in [1.29, 1.82) is 0 Å². The number of carbonyl (C=O) groups excluding carboxylic acids is 3. The summed E-state index contributed by atoms with van der Waals surface area (Å²) in [7, 11) is 0. The van der Waals surface area contributed by atoms with Crippen LogP contribution < -0.4 is 4.90 Å². The van der Waals surface area contributed by atoms with E-state index < -0.39 is 41.1 Å². The van der Waals surface area contributed by atoms with Crippen LogP contribution in [0.25, 0.3) is 0 Å². The monoisotopic (exact) mass is 528 g/mol. The smallest absolute Gasteiger partial charge is 0.313 e. The molecule has 1 aromatic rings. The van der Waals surface area contributed by atoms with Gasteiger partial charge in [-0.1, -0.05) is 69.2 Å². The summed E-state index contributed by atoms with van der Waals surface area (Å²) in [6.07, 6.45) is 8.26. The molecular weight excluding hydrogens is 496 g/mol. The summed E-state index contributed by atoms with van der Waals surface area (Å²) in [5.41, 5.74) is -1.98. The third-order valence-corrected chi connectivity index (χ3v) is 8.94. The first-order valence-electron chi connectivity index (χ1n) is 13.0. The van der Waals surface area contributed by atoms with Gasteiger partial charge in [0.15, 0.2) is 0 Å². The van der Waals surface area contributed by atoms with Gasteiger partial charge in [-0.15, -0.1) is 0 Å². The van der Waals surface area contributed by atoms with Gasteiger partial charge in [-0.25, -0.2) is 0 Å². The van der Waals surface area contributed by atoms with Crippen LogP contribution >= 0.6 is 11.6 Å². The number of para-hydroxylation sites is 1. The predicted molar refractivity (Wildman–Crippen MR) is 138 cm³/mol. The number of nitrogens with zero attached hydrogens (tertiary/aromatic N) is 2. The van der Waals surface area contributed by atoms with Crippen LogP contribution in [0, 0.1) is 17.8 Å². The van der Waals surface area contributed by atoms with Gasteiger partial charge in [-0.2, -0.15) is 0 Å². The molecule has 9 heteroatoms. The number of fused-ring (bicyclic) bond motifs is 2. The van der Waals surface area contributed by atoms with Crippen molar-refractivity contribution in [2.75, 3.05) is 24.7 Å². The maximum atomic E-state index is 14.5. The summed E-state index contributed by atoms with van der Waals surface area (Å²) in [5.74, 6) is -3.25. The van der Waals surface area contributed by atoms with Crippen molar-refractivity contribution >= 4 is 35.1 Å². The molecule has 7 atom stereocenters. The molecule has 5 rings (SSSR count). The lowest BCUT2D eigenvalue weighted by Crippen LogP contribution is -2.60. The third kappa shape index (κ3) is 3.67. The highest BCUT2D eigenvalue weighted by Crippen LogP contribution is 2.59. The molecule has 2 fully saturated rings. The fraction of sp³-hybridized carbons (Fsp3) is 0.536. The molecule has 2 saturated heterocycles. The highest BCUT2D eigenvalue weighted by molar-refractivity contribution is 6.34. The van der Waals surface area contributed by atoms with E-state index in [1.807, 2.05) is 32.9 Å². The number of halogens is 1. The molecule has 4 heterocycles. The average molecular weight is 529 g/mol. The van der Waals surface area contributed by atoms with Crippen LogP contribution in [0.2, 0.25) is 5.02 Å². The molecule has 2 amide bonds. The number of hydrogen-bond donors (Lipinski definition) is 1.